The van der Waals surface area contributed by atoms with E-state index in [0.29, 0.717) is 37.5 Å². The number of nitrogens with one attached hydrogen (secondary N) is 2. The molecule has 8 heteroatoms. The van der Waals surface area contributed by atoms with Crippen molar-refractivity contribution in [1.29, 1.82) is 0 Å². The minimum atomic E-state index is -0.464. The Hall–Kier alpha value is -2.48. The van der Waals surface area contributed by atoms with Gasteiger partial charge in [0.05, 0.1) is 10.2 Å². The fraction of sp³-hybridized carbons (Fsp3) is 0.500. The molecule has 2 aromatic rings. The molecule has 1 unspecified atom stereocenters. The number of fused-ring (bicyclic) bond motifs is 1. The van der Waals surface area contributed by atoms with Crippen molar-refractivity contribution in [3.8, 4) is 0 Å². The molecule has 3 amide bonds. The van der Waals surface area contributed by atoms with Gasteiger partial charge in [0.1, 0.15) is 6.04 Å². The monoisotopic (exact) mass is 402 g/mol. The van der Waals surface area contributed by atoms with Gasteiger partial charge < -0.3 is 15.5 Å². The third-order valence-corrected chi connectivity index (χ3v) is 5.72. The van der Waals surface area contributed by atoms with Gasteiger partial charge in [-0.2, -0.15) is 0 Å². The molecule has 1 fully saturated rings. The first kappa shape index (κ1) is 20.3. The van der Waals surface area contributed by atoms with Crippen molar-refractivity contribution >= 4 is 44.4 Å². The van der Waals surface area contributed by atoms with Gasteiger partial charge >= 0.3 is 0 Å². The Morgan fingerprint density at radius 1 is 1.25 bits per heavy atom. The molecular formula is C20H26N4O3S. The van der Waals surface area contributed by atoms with Crippen LogP contribution in [0, 0.1) is 0 Å². The van der Waals surface area contributed by atoms with Crippen LogP contribution in [-0.2, 0) is 14.4 Å². The Bertz CT molecular complexity index is 818. The fourth-order valence-corrected chi connectivity index (χ4v) is 4.22. The lowest BCUT2D eigenvalue weighted by Crippen LogP contribution is -2.43. The van der Waals surface area contributed by atoms with Crippen LogP contribution in [0.25, 0.3) is 10.2 Å². The third kappa shape index (κ3) is 5.07. The lowest BCUT2D eigenvalue weighted by Gasteiger charge is -2.23. The van der Waals surface area contributed by atoms with Crippen molar-refractivity contribution in [1.82, 2.24) is 15.2 Å². The van der Waals surface area contributed by atoms with Crippen molar-refractivity contribution in [3.05, 3.63) is 24.3 Å². The van der Waals surface area contributed by atoms with Gasteiger partial charge in [-0.3, -0.25) is 14.4 Å². The van der Waals surface area contributed by atoms with Crippen LogP contribution >= 0.6 is 11.3 Å². The van der Waals surface area contributed by atoms with Gasteiger partial charge in [0.15, 0.2) is 5.13 Å². The average Bonchev–Trinajstić information content (AvgIpc) is 3.32. The predicted octanol–water partition coefficient (Wildman–Crippen LogP) is 2.92. The maximum absolute atomic E-state index is 12.7. The Balaban J connectivity index is 1.52. The summed E-state index contributed by atoms with van der Waals surface area (Å²) in [6.45, 7) is 3.24. The van der Waals surface area contributed by atoms with E-state index in [-0.39, 0.29) is 24.1 Å². The van der Waals surface area contributed by atoms with E-state index >= 15 is 0 Å². The molecule has 0 aliphatic carbocycles. The maximum atomic E-state index is 12.7. The van der Waals surface area contributed by atoms with Gasteiger partial charge in [-0.15, -0.1) is 0 Å². The van der Waals surface area contributed by atoms with Crippen LogP contribution in [0.15, 0.2) is 24.3 Å². The van der Waals surface area contributed by atoms with Crippen molar-refractivity contribution in [2.24, 2.45) is 0 Å². The number of hydrogen-bond donors (Lipinski definition) is 2. The maximum Gasteiger partial charge on any atom is 0.248 e. The van der Waals surface area contributed by atoms with Crippen molar-refractivity contribution in [3.63, 3.8) is 0 Å². The molecule has 0 saturated carbocycles. The number of rotatable bonds is 8. The van der Waals surface area contributed by atoms with Gasteiger partial charge in [-0.1, -0.05) is 30.4 Å². The van der Waals surface area contributed by atoms with E-state index < -0.39 is 6.04 Å². The molecule has 2 heterocycles. The Labute approximate surface area is 168 Å². The normalized spacial score (nSPS) is 16.3. The average molecular weight is 403 g/mol. The summed E-state index contributed by atoms with van der Waals surface area (Å²) in [5, 5.41) is 6.23. The molecule has 28 heavy (non-hydrogen) atoms. The summed E-state index contributed by atoms with van der Waals surface area (Å²) in [7, 11) is 0. The summed E-state index contributed by atoms with van der Waals surface area (Å²) in [6.07, 6.45) is 3.47. The summed E-state index contributed by atoms with van der Waals surface area (Å²) in [5.74, 6) is -0.281. The van der Waals surface area contributed by atoms with E-state index in [1.54, 1.807) is 4.90 Å². The van der Waals surface area contributed by atoms with E-state index in [9.17, 15) is 14.4 Å². The van der Waals surface area contributed by atoms with Gasteiger partial charge in [-0.25, -0.2) is 4.98 Å². The number of amides is 3. The SMILES string of the molecule is CCCNC(=O)CCCC(=O)N1CCCC1C(=O)Nc1nc2ccccc2s1. The van der Waals surface area contributed by atoms with Gasteiger partial charge in [-0.05, 0) is 37.8 Å². The summed E-state index contributed by atoms with van der Waals surface area (Å²) in [6, 6.07) is 7.25. The standard InChI is InChI=1S/C20H26N4O3S/c1-2-12-21-17(25)10-5-11-18(26)24-13-6-8-15(24)19(27)23-20-22-14-7-3-4-9-16(14)28-20/h3-4,7,9,15H,2,5-6,8,10-13H2,1H3,(H,21,25)(H,22,23,27). The van der Waals surface area contributed by atoms with Crippen LogP contribution in [0.4, 0.5) is 5.13 Å². The fourth-order valence-electron chi connectivity index (χ4n) is 3.35. The highest BCUT2D eigenvalue weighted by molar-refractivity contribution is 7.22. The van der Waals surface area contributed by atoms with Gasteiger partial charge in [0, 0.05) is 25.9 Å². The molecule has 0 bridgehead atoms. The quantitative estimate of drug-likeness (QED) is 0.710. The number of likely N-dealkylation sites (tertiary alicyclic amines) is 1. The minimum Gasteiger partial charge on any atom is -0.356 e. The molecule has 1 aromatic heterocycles. The van der Waals surface area contributed by atoms with Crippen LogP contribution in [0.1, 0.15) is 45.4 Å². The van der Waals surface area contributed by atoms with Crippen LogP contribution in [-0.4, -0.2) is 46.7 Å². The smallest absolute Gasteiger partial charge is 0.248 e. The van der Waals surface area contributed by atoms with Crippen molar-refractivity contribution in [2.75, 3.05) is 18.4 Å². The van der Waals surface area contributed by atoms with E-state index in [0.717, 1.165) is 23.1 Å². The number of thiazole rings is 1. The number of hydrogen-bond acceptors (Lipinski definition) is 5. The number of aromatic nitrogens is 1. The van der Waals surface area contributed by atoms with Crippen molar-refractivity contribution < 1.29 is 14.4 Å². The largest absolute Gasteiger partial charge is 0.356 e. The van der Waals surface area contributed by atoms with E-state index in [1.165, 1.54) is 11.3 Å². The lowest BCUT2D eigenvalue weighted by atomic mass is 10.1. The van der Waals surface area contributed by atoms with E-state index in [4.69, 9.17) is 0 Å². The molecule has 2 N–H and O–H groups in total. The third-order valence-electron chi connectivity index (χ3n) is 4.77. The van der Waals surface area contributed by atoms with Crippen LogP contribution in [0.5, 0.6) is 0 Å². The minimum absolute atomic E-state index is 0.0267. The highest BCUT2D eigenvalue weighted by Gasteiger charge is 2.34. The molecule has 1 saturated heterocycles. The zero-order valence-corrected chi connectivity index (χ0v) is 16.9. The molecule has 1 aliphatic heterocycles. The number of nitrogens with zero attached hydrogens (tertiary/aromatic N) is 2. The number of carbonyl (C=O) groups excluding carboxylic acids is 3. The highest BCUT2D eigenvalue weighted by Crippen LogP contribution is 2.27. The molecule has 1 aliphatic rings. The molecule has 7 nitrogen and oxygen atoms in total. The zero-order chi connectivity index (χ0) is 19.9. The summed E-state index contributed by atoms with van der Waals surface area (Å²) in [5.41, 5.74) is 0.850. The first-order valence-corrected chi connectivity index (χ1v) is 10.6. The number of benzene rings is 1. The second-order valence-corrected chi connectivity index (χ2v) is 7.96. The van der Waals surface area contributed by atoms with Crippen molar-refractivity contribution in [2.45, 2.75) is 51.5 Å². The Morgan fingerprint density at radius 3 is 2.86 bits per heavy atom. The molecule has 1 atom stereocenters. The molecule has 0 radical (unpaired) electrons. The number of carbonyl (C=O) groups is 3. The number of para-hydroxylation sites is 1. The highest BCUT2D eigenvalue weighted by atomic mass is 32.1. The molecule has 1 aromatic carbocycles. The first-order valence-electron chi connectivity index (χ1n) is 9.81. The topological polar surface area (TPSA) is 91.4 Å². The second kappa shape index (κ2) is 9.64. The van der Waals surface area contributed by atoms with Crippen LogP contribution in [0.3, 0.4) is 0 Å². The molecular weight excluding hydrogens is 376 g/mol. The Morgan fingerprint density at radius 2 is 2.07 bits per heavy atom. The van der Waals surface area contributed by atoms with Crippen LogP contribution < -0.4 is 10.6 Å². The van der Waals surface area contributed by atoms with Gasteiger partial charge in [0.25, 0.3) is 0 Å². The van der Waals surface area contributed by atoms with Gasteiger partial charge in [0.2, 0.25) is 17.7 Å². The predicted molar refractivity (Wildman–Crippen MR) is 110 cm³/mol. The van der Waals surface area contributed by atoms with Crippen LogP contribution in [0.2, 0.25) is 0 Å². The Kier molecular flexibility index (Phi) is 6.97. The lowest BCUT2D eigenvalue weighted by molar-refractivity contribution is -0.136. The number of anilines is 1. The van der Waals surface area contributed by atoms with E-state index in [2.05, 4.69) is 15.6 Å². The molecule has 3 rings (SSSR count). The summed E-state index contributed by atoms with van der Waals surface area (Å²) >= 11 is 1.43. The van der Waals surface area contributed by atoms with E-state index in [1.807, 2.05) is 31.2 Å². The second-order valence-electron chi connectivity index (χ2n) is 6.92. The summed E-state index contributed by atoms with van der Waals surface area (Å²) < 4.78 is 1.01. The molecule has 0 spiro atoms. The zero-order valence-electron chi connectivity index (χ0n) is 16.1. The summed E-state index contributed by atoms with van der Waals surface area (Å²) in [4.78, 5) is 43.0. The first-order chi connectivity index (χ1) is 13.6. The molecule has 150 valence electrons.